The Hall–Kier alpha value is -2.84. The lowest BCUT2D eigenvalue weighted by molar-refractivity contribution is 0.172. The van der Waals surface area contributed by atoms with Crippen LogP contribution in [0.5, 0.6) is 0 Å². The highest BCUT2D eigenvalue weighted by Crippen LogP contribution is 2.50. The molecule has 5 heteroatoms. The van der Waals surface area contributed by atoms with Gasteiger partial charge in [-0.25, -0.2) is 4.39 Å². The molecule has 204 valence electrons. The van der Waals surface area contributed by atoms with Gasteiger partial charge in [0.1, 0.15) is 5.82 Å². The summed E-state index contributed by atoms with van der Waals surface area (Å²) in [5.41, 5.74) is 6.38. The zero-order chi connectivity index (χ0) is 28.2. The predicted octanol–water partition coefficient (Wildman–Crippen LogP) is 8.25. The number of hydrogen-bond donors (Lipinski definition) is 0. The van der Waals surface area contributed by atoms with Crippen LogP contribution in [0.1, 0.15) is 49.9 Å². The quantitative estimate of drug-likeness (QED) is 0.161. The van der Waals surface area contributed by atoms with Crippen molar-refractivity contribution >= 4 is 19.5 Å². The SMILES string of the molecule is CC(C)(Cc1ccccc1)[Si]OCC1(CO[Si]C(C)(C)Cc2ccccc2)c2ccccc2-c2ccc(F)cc21. The van der Waals surface area contributed by atoms with Crippen molar-refractivity contribution in [3.8, 4) is 11.1 Å². The minimum Gasteiger partial charge on any atom is -0.416 e. The van der Waals surface area contributed by atoms with E-state index in [4.69, 9.17) is 8.85 Å². The molecule has 5 rings (SSSR count). The van der Waals surface area contributed by atoms with Gasteiger partial charge in [0.25, 0.3) is 0 Å². The van der Waals surface area contributed by atoms with Gasteiger partial charge in [0.05, 0.1) is 5.41 Å². The van der Waals surface area contributed by atoms with E-state index < -0.39 is 5.41 Å². The number of benzene rings is 4. The molecule has 0 bridgehead atoms. The third-order valence-corrected chi connectivity index (χ3v) is 9.58. The van der Waals surface area contributed by atoms with Crippen molar-refractivity contribution in [2.75, 3.05) is 13.2 Å². The molecular formula is C35H37FO2Si2. The molecular weight excluding hydrogens is 528 g/mol. The van der Waals surface area contributed by atoms with E-state index in [9.17, 15) is 4.39 Å². The second kappa shape index (κ2) is 12.0. The highest BCUT2D eigenvalue weighted by Gasteiger charge is 2.44. The van der Waals surface area contributed by atoms with E-state index in [1.165, 1.54) is 11.1 Å². The van der Waals surface area contributed by atoms with Crippen LogP contribution in [0.25, 0.3) is 11.1 Å². The second-order valence-electron chi connectivity index (χ2n) is 12.2. The van der Waals surface area contributed by atoms with Crippen molar-refractivity contribution in [3.63, 3.8) is 0 Å². The molecule has 0 heterocycles. The van der Waals surface area contributed by atoms with Crippen molar-refractivity contribution < 1.29 is 13.2 Å². The fourth-order valence-corrected chi connectivity index (χ4v) is 7.75. The zero-order valence-electron chi connectivity index (χ0n) is 23.8. The van der Waals surface area contributed by atoms with E-state index in [0.29, 0.717) is 32.7 Å². The molecule has 0 fully saturated rings. The van der Waals surface area contributed by atoms with Crippen molar-refractivity contribution in [2.24, 2.45) is 0 Å². The molecule has 0 N–H and O–H groups in total. The monoisotopic (exact) mass is 564 g/mol. The number of fused-ring (bicyclic) bond motifs is 3. The maximum Gasteiger partial charge on any atom is 0.236 e. The van der Waals surface area contributed by atoms with Gasteiger partial charge < -0.3 is 8.85 Å². The van der Waals surface area contributed by atoms with Gasteiger partial charge in [-0.2, -0.15) is 0 Å². The van der Waals surface area contributed by atoms with Gasteiger partial charge in [-0.1, -0.05) is 119 Å². The Bertz CT molecular complexity index is 1360. The van der Waals surface area contributed by atoms with E-state index in [2.05, 4.69) is 113 Å². The predicted molar refractivity (Wildman–Crippen MR) is 164 cm³/mol. The van der Waals surface area contributed by atoms with Crippen LogP contribution in [0.3, 0.4) is 0 Å². The molecule has 4 aromatic carbocycles. The molecule has 4 aromatic rings. The zero-order valence-corrected chi connectivity index (χ0v) is 25.8. The van der Waals surface area contributed by atoms with Gasteiger partial charge in [0.2, 0.25) is 19.5 Å². The van der Waals surface area contributed by atoms with Crippen molar-refractivity contribution in [1.29, 1.82) is 0 Å². The Morgan fingerprint density at radius 1 is 0.600 bits per heavy atom. The van der Waals surface area contributed by atoms with Gasteiger partial charge >= 0.3 is 0 Å². The summed E-state index contributed by atoms with van der Waals surface area (Å²) < 4.78 is 28.0. The third kappa shape index (κ3) is 6.55. The molecule has 0 atom stereocenters. The van der Waals surface area contributed by atoms with Crippen LogP contribution in [-0.2, 0) is 27.1 Å². The molecule has 0 spiro atoms. The summed E-state index contributed by atoms with van der Waals surface area (Å²) in [5, 5.41) is -0.0442. The summed E-state index contributed by atoms with van der Waals surface area (Å²) in [6.07, 6.45) is 1.87. The summed E-state index contributed by atoms with van der Waals surface area (Å²) in [6, 6.07) is 34.7. The molecule has 0 saturated carbocycles. The molecule has 0 aliphatic heterocycles. The fraction of sp³-hybridized carbons (Fsp3) is 0.314. The molecule has 0 saturated heterocycles. The van der Waals surface area contributed by atoms with Crippen molar-refractivity contribution in [2.45, 2.75) is 56.0 Å². The average Bonchev–Trinajstić information content (AvgIpc) is 3.18. The van der Waals surface area contributed by atoms with Crippen LogP contribution >= 0.6 is 0 Å². The molecule has 4 radical (unpaired) electrons. The lowest BCUT2D eigenvalue weighted by atomic mass is 9.80. The third-order valence-electron chi connectivity index (χ3n) is 7.54. The summed E-state index contributed by atoms with van der Waals surface area (Å²) in [6.45, 7) is 9.91. The Kier molecular flexibility index (Phi) is 8.57. The topological polar surface area (TPSA) is 18.5 Å². The van der Waals surface area contributed by atoms with Crippen LogP contribution in [0.2, 0.25) is 10.1 Å². The van der Waals surface area contributed by atoms with Gasteiger partial charge in [0.15, 0.2) is 0 Å². The first-order valence-corrected chi connectivity index (χ1v) is 15.7. The van der Waals surface area contributed by atoms with Gasteiger partial charge in [-0.15, -0.1) is 0 Å². The molecule has 1 aliphatic rings. The maximum absolute atomic E-state index is 14.8. The highest BCUT2D eigenvalue weighted by atomic mass is 28.2. The fourth-order valence-electron chi connectivity index (χ4n) is 5.77. The highest BCUT2D eigenvalue weighted by molar-refractivity contribution is 6.32. The maximum atomic E-state index is 14.8. The summed E-state index contributed by atoms with van der Waals surface area (Å²) in [4.78, 5) is 0. The minimum absolute atomic E-state index is 0.0221. The first-order valence-electron chi connectivity index (χ1n) is 13.9. The molecule has 0 unspecified atom stereocenters. The lowest BCUT2D eigenvalue weighted by Gasteiger charge is -2.34. The summed E-state index contributed by atoms with van der Waals surface area (Å²) in [7, 11) is 0.584. The molecule has 40 heavy (non-hydrogen) atoms. The Morgan fingerprint density at radius 3 is 1.62 bits per heavy atom. The Morgan fingerprint density at radius 2 is 1.07 bits per heavy atom. The molecule has 2 nitrogen and oxygen atoms in total. The molecule has 1 aliphatic carbocycles. The molecule has 0 amide bonds. The van der Waals surface area contributed by atoms with Crippen molar-refractivity contribution in [1.82, 2.24) is 0 Å². The Balaban J connectivity index is 1.38. The van der Waals surface area contributed by atoms with Gasteiger partial charge in [-0.05, 0) is 68.4 Å². The van der Waals surface area contributed by atoms with E-state index >= 15 is 0 Å². The van der Waals surface area contributed by atoms with Crippen LogP contribution in [0, 0.1) is 5.82 Å². The summed E-state index contributed by atoms with van der Waals surface area (Å²) >= 11 is 0. The molecule has 0 aromatic heterocycles. The van der Waals surface area contributed by atoms with Gasteiger partial charge in [0, 0.05) is 13.2 Å². The smallest absolute Gasteiger partial charge is 0.236 e. The van der Waals surface area contributed by atoms with Crippen LogP contribution in [0.15, 0.2) is 103 Å². The van der Waals surface area contributed by atoms with E-state index in [-0.39, 0.29) is 15.9 Å². The van der Waals surface area contributed by atoms with Crippen LogP contribution in [0.4, 0.5) is 4.39 Å². The Labute approximate surface area is 243 Å². The first kappa shape index (κ1) is 28.7. The average molecular weight is 565 g/mol. The van der Waals surface area contributed by atoms with E-state index in [1.807, 2.05) is 6.07 Å². The number of rotatable bonds is 12. The second-order valence-corrected chi connectivity index (χ2v) is 15.9. The van der Waals surface area contributed by atoms with Crippen LogP contribution in [-0.4, -0.2) is 32.7 Å². The lowest BCUT2D eigenvalue weighted by Crippen LogP contribution is -2.39. The first-order chi connectivity index (χ1) is 19.2. The summed E-state index contributed by atoms with van der Waals surface area (Å²) in [5.74, 6) is -0.227. The minimum atomic E-state index is -0.570. The van der Waals surface area contributed by atoms with Crippen LogP contribution < -0.4 is 0 Å². The van der Waals surface area contributed by atoms with Crippen molar-refractivity contribution in [3.05, 3.63) is 131 Å². The normalized spacial score (nSPS) is 14.1. The number of halogens is 1. The number of hydrogen-bond acceptors (Lipinski definition) is 2. The van der Waals surface area contributed by atoms with E-state index in [0.717, 1.165) is 35.1 Å². The van der Waals surface area contributed by atoms with Gasteiger partial charge in [-0.3, -0.25) is 0 Å². The van der Waals surface area contributed by atoms with E-state index in [1.54, 1.807) is 12.1 Å². The largest absolute Gasteiger partial charge is 0.416 e. The standard InChI is InChI=1S/C35H37FO2Si2/c1-33(2,22-26-13-7-5-8-14-26)39-37-24-35(25-38-40-34(3,4)23-27-15-9-6-10-16-27)31-18-12-11-17-29(31)30-20-19-28(36)21-32(30)35/h5-21H,22-25H2,1-4H3.